The number of carbonyl (C=O) groups excluding carboxylic acids is 1. The Morgan fingerprint density at radius 3 is 2.56 bits per heavy atom. The van der Waals surface area contributed by atoms with Gasteiger partial charge in [-0.15, -0.1) is 0 Å². The number of carbonyl (C=O) groups is 1. The highest BCUT2D eigenvalue weighted by molar-refractivity contribution is 6.00. The smallest absolute Gasteiger partial charge is 0.318 e. The van der Waals surface area contributed by atoms with Gasteiger partial charge < -0.3 is 4.84 Å². The van der Waals surface area contributed by atoms with Gasteiger partial charge in [0.05, 0.1) is 5.71 Å². The van der Waals surface area contributed by atoms with Crippen molar-refractivity contribution in [3.8, 4) is 0 Å². The van der Waals surface area contributed by atoms with E-state index in [1.165, 1.54) is 6.92 Å². The van der Waals surface area contributed by atoms with Crippen molar-refractivity contribution in [1.29, 1.82) is 0 Å². The molecule has 3 heteroatoms. The maximum Gasteiger partial charge on any atom is 0.331 e. The van der Waals surface area contributed by atoms with Crippen LogP contribution in [0.4, 0.5) is 0 Å². The zero-order chi connectivity index (χ0) is 11.8. The molecule has 1 aromatic rings. The summed E-state index contributed by atoms with van der Waals surface area (Å²) in [6, 6.07) is 9.79. The van der Waals surface area contributed by atoms with Crippen LogP contribution in [-0.4, -0.2) is 11.7 Å². The van der Waals surface area contributed by atoms with Gasteiger partial charge in [-0.2, -0.15) is 0 Å². The molecule has 0 atom stereocenters. The molecule has 1 aromatic carbocycles. The van der Waals surface area contributed by atoms with Crippen LogP contribution in [0.25, 0.3) is 0 Å². The molecule has 0 aliphatic rings. The van der Waals surface area contributed by atoms with Crippen LogP contribution < -0.4 is 0 Å². The second kappa shape index (κ2) is 6.77. The number of hydrogen-bond donors (Lipinski definition) is 0. The average molecular weight is 219 g/mol. The molecule has 0 bridgehead atoms. The Morgan fingerprint density at radius 2 is 2.00 bits per heavy atom. The Balaban J connectivity index is 2.78. The molecule has 0 N–H and O–H groups in total. The topological polar surface area (TPSA) is 38.7 Å². The summed E-state index contributed by atoms with van der Waals surface area (Å²) in [4.78, 5) is 15.4. The van der Waals surface area contributed by atoms with Gasteiger partial charge in [0.2, 0.25) is 0 Å². The number of oxime groups is 1. The Hall–Kier alpha value is -1.64. The van der Waals surface area contributed by atoms with Crippen LogP contribution in [0.2, 0.25) is 0 Å². The minimum Gasteiger partial charge on any atom is -0.318 e. The van der Waals surface area contributed by atoms with Gasteiger partial charge in [0.15, 0.2) is 0 Å². The summed E-state index contributed by atoms with van der Waals surface area (Å²) < 4.78 is 0. The lowest BCUT2D eigenvalue weighted by Crippen LogP contribution is -2.03. The number of unbranched alkanes of at least 4 members (excludes halogenated alkanes) is 1. The molecule has 0 spiro atoms. The Labute approximate surface area is 96.1 Å². The zero-order valence-corrected chi connectivity index (χ0v) is 9.77. The predicted molar refractivity (Wildman–Crippen MR) is 64.3 cm³/mol. The van der Waals surface area contributed by atoms with Crippen molar-refractivity contribution >= 4 is 11.7 Å². The van der Waals surface area contributed by atoms with Gasteiger partial charge in [0.1, 0.15) is 0 Å². The molecule has 16 heavy (non-hydrogen) atoms. The Bertz CT molecular complexity index is 357. The second-order valence-electron chi connectivity index (χ2n) is 3.59. The third-order valence-electron chi connectivity index (χ3n) is 2.16. The Kier molecular flexibility index (Phi) is 5.26. The van der Waals surface area contributed by atoms with Gasteiger partial charge in [-0.3, -0.25) is 0 Å². The van der Waals surface area contributed by atoms with E-state index in [0.29, 0.717) is 0 Å². The summed E-state index contributed by atoms with van der Waals surface area (Å²) >= 11 is 0. The lowest BCUT2D eigenvalue weighted by Gasteiger charge is -2.04. The van der Waals surface area contributed by atoms with Crippen LogP contribution in [0.5, 0.6) is 0 Å². The molecule has 0 saturated heterocycles. The van der Waals surface area contributed by atoms with E-state index >= 15 is 0 Å². The molecule has 1 rings (SSSR count). The first kappa shape index (κ1) is 12.4. The number of nitrogens with zero attached hydrogens (tertiary/aromatic N) is 1. The third kappa shape index (κ3) is 4.26. The summed E-state index contributed by atoms with van der Waals surface area (Å²) in [7, 11) is 0. The number of rotatable bonds is 5. The van der Waals surface area contributed by atoms with E-state index in [9.17, 15) is 4.79 Å². The molecule has 3 nitrogen and oxygen atoms in total. The SMILES string of the molecule is CCCC/C(=N\OC(C)=O)c1ccccc1. The molecule has 0 aromatic heterocycles. The van der Waals surface area contributed by atoms with E-state index in [2.05, 4.69) is 12.1 Å². The summed E-state index contributed by atoms with van der Waals surface area (Å²) in [5.41, 5.74) is 1.84. The quantitative estimate of drug-likeness (QED) is 0.433. The predicted octanol–water partition coefficient (Wildman–Crippen LogP) is 3.14. The van der Waals surface area contributed by atoms with E-state index in [-0.39, 0.29) is 5.97 Å². The molecule has 0 aliphatic carbocycles. The van der Waals surface area contributed by atoms with Crippen LogP contribution in [-0.2, 0) is 9.63 Å². The van der Waals surface area contributed by atoms with Gasteiger partial charge >= 0.3 is 5.97 Å². The fraction of sp³-hybridized carbons (Fsp3) is 0.385. The lowest BCUT2D eigenvalue weighted by molar-refractivity contribution is -0.140. The van der Waals surface area contributed by atoms with E-state index in [1.54, 1.807) is 0 Å². The summed E-state index contributed by atoms with van der Waals surface area (Å²) in [6.07, 6.45) is 2.95. The monoisotopic (exact) mass is 219 g/mol. The highest BCUT2D eigenvalue weighted by Crippen LogP contribution is 2.08. The minimum atomic E-state index is -0.384. The van der Waals surface area contributed by atoms with Crippen molar-refractivity contribution in [3.63, 3.8) is 0 Å². The first-order chi connectivity index (χ1) is 7.74. The van der Waals surface area contributed by atoms with E-state index in [1.807, 2.05) is 30.3 Å². The van der Waals surface area contributed by atoms with Crippen molar-refractivity contribution in [2.24, 2.45) is 5.16 Å². The largest absolute Gasteiger partial charge is 0.331 e. The molecular weight excluding hydrogens is 202 g/mol. The van der Waals surface area contributed by atoms with Crippen LogP contribution in [0.1, 0.15) is 38.7 Å². The summed E-state index contributed by atoms with van der Waals surface area (Å²) in [6.45, 7) is 3.47. The van der Waals surface area contributed by atoms with Gasteiger partial charge in [-0.05, 0) is 18.4 Å². The first-order valence-electron chi connectivity index (χ1n) is 5.54. The standard InChI is InChI=1S/C13H17NO2/c1-3-4-10-13(14-16-11(2)15)12-8-6-5-7-9-12/h5-9H,3-4,10H2,1-2H3/b14-13+. The number of benzene rings is 1. The van der Waals surface area contributed by atoms with Crippen LogP contribution in [0, 0.1) is 0 Å². The van der Waals surface area contributed by atoms with Crippen LogP contribution in [0.3, 0.4) is 0 Å². The summed E-state index contributed by atoms with van der Waals surface area (Å²) in [5, 5.41) is 3.90. The van der Waals surface area contributed by atoms with Crippen LogP contribution >= 0.6 is 0 Å². The molecule has 0 saturated carbocycles. The highest BCUT2D eigenvalue weighted by atomic mass is 16.7. The zero-order valence-electron chi connectivity index (χ0n) is 9.77. The van der Waals surface area contributed by atoms with Crippen molar-refractivity contribution in [2.45, 2.75) is 33.1 Å². The van der Waals surface area contributed by atoms with Gasteiger partial charge in [0, 0.05) is 6.92 Å². The van der Waals surface area contributed by atoms with Gasteiger partial charge in [-0.1, -0.05) is 48.8 Å². The van der Waals surface area contributed by atoms with Crippen LogP contribution in [0.15, 0.2) is 35.5 Å². The van der Waals surface area contributed by atoms with Crippen molar-refractivity contribution in [3.05, 3.63) is 35.9 Å². The molecule has 86 valence electrons. The van der Waals surface area contributed by atoms with Crippen molar-refractivity contribution in [2.75, 3.05) is 0 Å². The minimum absolute atomic E-state index is 0.384. The summed E-state index contributed by atoms with van der Waals surface area (Å²) in [5.74, 6) is -0.384. The second-order valence-corrected chi connectivity index (χ2v) is 3.59. The van der Waals surface area contributed by atoms with E-state index < -0.39 is 0 Å². The molecule has 0 fully saturated rings. The fourth-order valence-electron chi connectivity index (χ4n) is 1.34. The normalized spacial score (nSPS) is 11.2. The highest BCUT2D eigenvalue weighted by Gasteiger charge is 2.04. The van der Waals surface area contributed by atoms with Gasteiger partial charge in [-0.25, -0.2) is 4.79 Å². The molecule has 0 radical (unpaired) electrons. The fourth-order valence-corrected chi connectivity index (χ4v) is 1.34. The molecular formula is C13H17NO2. The third-order valence-corrected chi connectivity index (χ3v) is 2.16. The maximum atomic E-state index is 10.7. The van der Waals surface area contributed by atoms with Crippen molar-refractivity contribution < 1.29 is 9.63 Å². The molecule has 0 heterocycles. The lowest BCUT2D eigenvalue weighted by atomic mass is 10.1. The Morgan fingerprint density at radius 1 is 1.31 bits per heavy atom. The van der Waals surface area contributed by atoms with E-state index in [4.69, 9.17) is 4.84 Å². The molecule has 0 aliphatic heterocycles. The van der Waals surface area contributed by atoms with Gasteiger partial charge in [0.25, 0.3) is 0 Å². The van der Waals surface area contributed by atoms with Crippen molar-refractivity contribution in [1.82, 2.24) is 0 Å². The first-order valence-corrected chi connectivity index (χ1v) is 5.54. The number of hydrogen-bond acceptors (Lipinski definition) is 3. The average Bonchev–Trinajstić information content (AvgIpc) is 2.30. The molecule has 0 amide bonds. The molecule has 0 unspecified atom stereocenters. The maximum absolute atomic E-state index is 10.7. The van der Waals surface area contributed by atoms with E-state index in [0.717, 1.165) is 30.5 Å².